The lowest BCUT2D eigenvalue weighted by molar-refractivity contribution is 0.0988. The van der Waals surface area contributed by atoms with Gasteiger partial charge in [-0.15, -0.1) is 0 Å². The van der Waals surface area contributed by atoms with Gasteiger partial charge < -0.3 is 9.30 Å². The van der Waals surface area contributed by atoms with E-state index in [1.165, 1.54) is 0 Å². The number of aromatic nitrogens is 4. The molecular weight excluding hydrogens is 272 g/mol. The molecule has 0 amide bonds. The molecule has 1 saturated heterocycles. The van der Waals surface area contributed by atoms with E-state index < -0.39 is 0 Å². The second-order valence-electron chi connectivity index (χ2n) is 5.08. The van der Waals surface area contributed by atoms with Gasteiger partial charge in [-0.1, -0.05) is 18.2 Å². The van der Waals surface area contributed by atoms with Gasteiger partial charge in [-0.05, 0) is 31.1 Å². The molecule has 4 rings (SSSR count). The number of nitrogens with zero attached hydrogens (tertiary/aromatic N) is 3. The van der Waals surface area contributed by atoms with E-state index in [0.717, 1.165) is 48.1 Å². The van der Waals surface area contributed by atoms with Crippen molar-refractivity contribution in [2.75, 3.05) is 6.61 Å². The number of fused-ring (bicyclic) bond motifs is 3. The van der Waals surface area contributed by atoms with Crippen LogP contribution in [0.1, 0.15) is 12.8 Å². The largest absolute Gasteiger partial charge is 0.376 e. The van der Waals surface area contributed by atoms with Gasteiger partial charge in [-0.2, -0.15) is 10.1 Å². The highest BCUT2D eigenvalue weighted by atomic mass is 32.1. The summed E-state index contributed by atoms with van der Waals surface area (Å²) in [6.07, 6.45) is 2.49. The van der Waals surface area contributed by atoms with E-state index in [2.05, 4.69) is 31.9 Å². The van der Waals surface area contributed by atoms with Crippen molar-refractivity contribution in [3.05, 3.63) is 29.0 Å². The lowest BCUT2D eigenvalue weighted by atomic mass is 10.2. The topological polar surface area (TPSA) is 55.7 Å². The number of para-hydroxylation sites is 1. The first-order chi connectivity index (χ1) is 9.83. The van der Waals surface area contributed by atoms with Gasteiger partial charge >= 0.3 is 0 Å². The van der Waals surface area contributed by atoms with E-state index in [1.54, 1.807) is 0 Å². The third kappa shape index (κ3) is 1.83. The first-order valence-electron chi connectivity index (χ1n) is 6.78. The van der Waals surface area contributed by atoms with Gasteiger partial charge in [0.05, 0.1) is 18.2 Å². The zero-order valence-corrected chi connectivity index (χ0v) is 11.7. The Bertz CT molecular complexity index is 832. The number of hydrogen-bond acceptors (Lipinski definition) is 4. The summed E-state index contributed by atoms with van der Waals surface area (Å²) in [6, 6.07) is 8.21. The molecule has 1 atom stereocenters. The molecule has 0 spiro atoms. The van der Waals surface area contributed by atoms with E-state index in [0.29, 0.717) is 4.77 Å². The van der Waals surface area contributed by atoms with Gasteiger partial charge in [0.25, 0.3) is 0 Å². The van der Waals surface area contributed by atoms with E-state index in [1.807, 2.05) is 12.1 Å². The Balaban J connectivity index is 1.98. The number of aromatic amines is 1. The van der Waals surface area contributed by atoms with Crippen LogP contribution in [-0.4, -0.2) is 32.5 Å². The molecule has 2 aromatic heterocycles. The van der Waals surface area contributed by atoms with Crippen LogP contribution in [0.25, 0.3) is 22.1 Å². The van der Waals surface area contributed by atoms with Crippen LogP contribution in [0.15, 0.2) is 24.3 Å². The predicted molar refractivity (Wildman–Crippen MR) is 79.2 cm³/mol. The van der Waals surface area contributed by atoms with E-state index in [-0.39, 0.29) is 6.10 Å². The van der Waals surface area contributed by atoms with Crippen molar-refractivity contribution in [3.63, 3.8) is 0 Å². The predicted octanol–water partition coefficient (Wildman–Crippen LogP) is 2.82. The highest BCUT2D eigenvalue weighted by Gasteiger charge is 2.20. The number of ether oxygens (including phenoxy) is 1. The van der Waals surface area contributed by atoms with Crippen molar-refractivity contribution in [3.8, 4) is 0 Å². The van der Waals surface area contributed by atoms with Crippen molar-refractivity contribution in [1.82, 2.24) is 19.7 Å². The van der Waals surface area contributed by atoms with Crippen LogP contribution in [-0.2, 0) is 11.3 Å². The minimum atomic E-state index is 0.258. The number of nitrogens with one attached hydrogen (secondary N) is 1. The second kappa shape index (κ2) is 4.64. The summed E-state index contributed by atoms with van der Waals surface area (Å²) in [5.74, 6) is 0. The Labute approximate surface area is 120 Å². The third-order valence-electron chi connectivity index (χ3n) is 3.80. The molecule has 1 fully saturated rings. The van der Waals surface area contributed by atoms with E-state index in [9.17, 15) is 0 Å². The SMILES string of the molecule is S=c1nc2c(n[nH]1)c1ccccc1n2C[C@H]1CCCO1. The summed E-state index contributed by atoms with van der Waals surface area (Å²) in [6.45, 7) is 1.66. The molecule has 3 heterocycles. The smallest absolute Gasteiger partial charge is 0.215 e. The van der Waals surface area contributed by atoms with Gasteiger partial charge in [-0.25, -0.2) is 0 Å². The molecule has 1 aliphatic rings. The van der Waals surface area contributed by atoms with Crippen LogP contribution < -0.4 is 0 Å². The standard InChI is InChI=1S/C14H14N4OS/c20-14-15-13-12(16-17-14)10-5-1-2-6-11(10)18(13)8-9-4-3-7-19-9/h1-2,5-6,9H,3-4,7-8H2,(H,15,17,20)/t9-/m1/s1. The Kier molecular flexibility index (Phi) is 2.78. The van der Waals surface area contributed by atoms with Crippen LogP contribution in [0.5, 0.6) is 0 Å². The third-order valence-corrected chi connectivity index (χ3v) is 3.98. The highest BCUT2D eigenvalue weighted by molar-refractivity contribution is 7.71. The number of rotatable bonds is 2. The van der Waals surface area contributed by atoms with Crippen molar-refractivity contribution in [2.24, 2.45) is 0 Å². The Hall–Kier alpha value is -1.79. The number of hydrogen-bond donors (Lipinski definition) is 1. The molecule has 0 aliphatic carbocycles. The monoisotopic (exact) mass is 286 g/mol. The van der Waals surface area contributed by atoms with Crippen molar-refractivity contribution < 1.29 is 4.74 Å². The molecule has 1 aromatic carbocycles. The summed E-state index contributed by atoms with van der Waals surface area (Å²) in [5.41, 5.74) is 2.84. The minimum absolute atomic E-state index is 0.258. The van der Waals surface area contributed by atoms with Gasteiger partial charge in [0.1, 0.15) is 5.52 Å². The zero-order valence-electron chi connectivity index (χ0n) is 10.9. The first kappa shape index (κ1) is 12.0. The molecule has 6 heteroatoms. The summed E-state index contributed by atoms with van der Waals surface area (Å²) >= 11 is 5.11. The van der Waals surface area contributed by atoms with Gasteiger partial charge in [0.15, 0.2) is 5.65 Å². The highest BCUT2D eigenvalue weighted by Crippen LogP contribution is 2.27. The van der Waals surface area contributed by atoms with E-state index in [4.69, 9.17) is 17.0 Å². The minimum Gasteiger partial charge on any atom is -0.376 e. The summed E-state index contributed by atoms with van der Waals surface area (Å²) in [4.78, 5) is 4.46. The lowest BCUT2D eigenvalue weighted by Gasteiger charge is -2.12. The number of H-pyrrole nitrogens is 1. The Morgan fingerprint density at radius 3 is 3.15 bits per heavy atom. The summed E-state index contributed by atoms with van der Waals surface area (Å²) in [5, 5.41) is 8.23. The van der Waals surface area contributed by atoms with Crippen molar-refractivity contribution in [2.45, 2.75) is 25.5 Å². The molecular formula is C14H14N4OS. The molecule has 20 heavy (non-hydrogen) atoms. The summed E-state index contributed by atoms with van der Waals surface area (Å²) in [7, 11) is 0. The Morgan fingerprint density at radius 1 is 1.40 bits per heavy atom. The second-order valence-corrected chi connectivity index (χ2v) is 5.46. The van der Waals surface area contributed by atoms with Gasteiger partial charge in [-0.3, -0.25) is 5.10 Å². The van der Waals surface area contributed by atoms with Crippen LogP contribution >= 0.6 is 12.2 Å². The van der Waals surface area contributed by atoms with Gasteiger partial charge in [0.2, 0.25) is 4.77 Å². The fourth-order valence-corrected chi connectivity index (χ4v) is 3.03. The molecule has 102 valence electrons. The molecule has 0 saturated carbocycles. The lowest BCUT2D eigenvalue weighted by Crippen LogP contribution is -2.15. The van der Waals surface area contributed by atoms with E-state index >= 15 is 0 Å². The van der Waals surface area contributed by atoms with Crippen LogP contribution in [0.3, 0.4) is 0 Å². The maximum absolute atomic E-state index is 5.75. The molecule has 0 bridgehead atoms. The van der Waals surface area contributed by atoms with Crippen molar-refractivity contribution >= 4 is 34.3 Å². The average Bonchev–Trinajstić information content (AvgIpc) is 3.07. The first-order valence-corrected chi connectivity index (χ1v) is 7.19. The molecule has 1 N–H and O–H groups in total. The fraction of sp³-hybridized carbons (Fsp3) is 0.357. The molecule has 1 aliphatic heterocycles. The maximum atomic E-state index is 5.75. The molecule has 5 nitrogen and oxygen atoms in total. The zero-order chi connectivity index (χ0) is 13.5. The summed E-state index contributed by atoms with van der Waals surface area (Å²) < 4.78 is 8.34. The molecule has 0 unspecified atom stereocenters. The van der Waals surface area contributed by atoms with Crippen LogP contribution in [0.4, 0.5) is 0 Å². The maximum Gasteiger partial charge on any atom is 0.215 e. The van der Waals surface area contributed by atoms with Gasteiger partial charge in [0, 0.05) is 12.0 Å². The molecule has 0 radical (unpaired) electrons. The van der Waals surface area contributed by atoms with Crippen LogP contribution in [0.2, 0.25) is 0 Å². The van der Waals surface area contributed by atoms with Crippen molar-refractivity contribution in [1.29, 1.82) is 0 Å². The quantitative estimate of drug-likeness (QED) is 0.736. The fourth-order valence-electron chi connectivity index (χ4n) is 2.90. The number of benzene rings is 1. The molecule has 3 aromatic rings. The van der Waals surface area contributed by atoms with Crippen LogP contribution in [0, 0.1) is 4.77 Å². The normalized spacial score (nSPS) is 19.1. The Morgan fingerprint density at radius 2 is 2.30 bits per heavy atom. The average molecular weight is 286 g/mol.